The molecule has 0 aromatic carbocycles. The van der Waals surface area contributed by atoms with Gasteiger partial charge in [0, 0.05) is 0 Å². The first kappa shape index (κ1) is 46.0. The number of ether oxygens (including phenoxy) is 9. The SMILES string of the molecule is OCC1O[C@H](OC2C(O)[C@@H](OC3C(O)[C@H](O)C(CO)O[C@@H]3OC3C(O)[C@H](O)C(CO)O[C@@H]3OC3C(O)[C@H](O)C(CO)O[C@H]3O)OC(CO)[C@H]2O)C(O)C(O)[C@@H]1O. The lowest BCUT2D eigenvalue weighted by molar-refractivity contribution is -0.409. The predicted octanol–water partition coefficient (Wildman–Crippen LogP) is -11.9. The van der Waals surface area contributed by atoms with Crippen LogP contribution in [-0.2, 0) is 42.6 Å². The Morgan fingerprint density at radius 3 is 1.02 bits per heavy atom. The number of rotatable bonds is 13. The summed E-state index contributed by atoms with van der Waals surface area (Å²) in [5.41, 5.74) is 0. The Labute approximate surface area is 316 Å². The van der Waals surface area contributed by atoms with Crippen LogP contribution in [0.25, 0.3) is 0 Å². The normalized spacial score (nSPS) is 53.2. The maximum atomic E-state index is 11.3. The minimum absolute atomic E-state index is 0.830. The van der Waals surface area contributed by atoms with Crippen LogP contribution in [0.15, 0.2) is 0 Å². The van der Waals surface area contributed by atoms with E-state index in [9.17, 15) is 86.8 Å². The summed E-state index contributed by atoms with van der Waals surface area (Å²) in [6.45, 7) is -4.58. The molecule has 0 spiro atoms. The van der Waals surface area contributed by atoms with Gasteiger partial charge in [-0.15, -0.1) is 0 Å². The standard InChI is InChI=1S/C30H52O26/c31-1-6-12(37)17(42)23(26(47)48-6)54-29-25(19(44)14(39)8(3-33)51-29)56-30-24(18(43)13(38)9(4-34)52-30)55-28-21(46)22(15(40)10(5-35)50-28)53-27-20(45)16(41)11(36)7(2-32)49-27/h6-47H,1-5H2/t6?,7?,8?,9?,10?,11-,12-,13-,14-,15-,16?,17?,18?,19?,20?,21?,22?,23?,24?,25?,26-,27-,28-,29-,30-/m1/s1. The van der Waals surface area contributed by atoms with E-state index in [0.717, 1.165) is 0 Å². The Hall–Kier alpha value is -1.04. The molecule has 25 atom stereocenters. The smallest absolute Gasteiger partial charge is 0.187 e. The second-order valence-electron chi connectivity index (χ2n) is 13.9. The molecule has 5 aliphatic heterocycles. The first-order valence-corrected chi connectivity index (χ1v) is 17.6. The summed E-state index contributed by atoms with van der Waals surface area (Å²) in [6, 6.07) is 0. The number of hydrogen-bond acceptors (Lipinski definition) is 26. The van der Waals surface area contributed by atoms with E-state index in [-0.39, 0.29) is 0 Å². The minimum atomic E-state index is -2.17. The monoisotopic (exact) mass is 828 g/mol. The zero-order valence-electron chi connectivity index (χ0n) is 29.2. The molecule has 5 rings (SSSR count). The number of aliphatic hydroxyl groups excluding tert-OH is 17. The molecule has 0 radical (unpaired) electrons. The molecule has 5 aliphatic rings. The van der Waals surface area contributed by atoms with Gasteiger partial charge >= 0.3 is 0 Å². The van der Waals surface area contributed by atoms with Crippen LogP contribution in [0.2, 0.25) is 0 Å². The summed E-state index contributed by atoms with van der Waals surface area (Å²) in [5, 5.41) is 177. The summed E-state index contributed by atoms with van der Waals surface area (Å²) in [7, 11) is 0. The van der Waals surface area contributed by atoms with E-state index in [1.54, 1.807) is 0 Å². The molecule has 0 aromatic rings. The maximum absolute atomic E-state index is 11.3. The van der Waals surface area contributed by atoms with Crippen LogP contribution >= 0.6 is 0 Å². The van der Waals surface area contributed by atoms with Gasteiger partial charge in [0.2, 0.25) is 0 Å². The highest BCUT2D eigenvalue weighted by atomic mass is 16.8. The fourth-order valence-electron chi connectivity index (χ4n) is 6.97. The lowest BCUT2D eigenvalue weighted by Crippen LogP contribution is -2.68. The largest absolute Gasteiger partial charge is 0.394 e. The Morgan fingerprint density at radius 1 is 0.268 bits per heavy atom. The van der Waals surface area contributed by atoms with Crippen molar-refractivity contribution in [1.29, 1.82) is 0 Å². The van der Waals surface area contributed by atoms with Crippen molar-refractivity contribution in [2.24, 2.45) is 0 Å². The highest BCUT2D eigenvalue weighted by Crippen LogP contribution is 2.36. The summed E-state index contributed by atoms with van der Waals surface area (Å²) in [6.07, 6.45) is -47.8. The van der Waals surface area contributed by atoms with E-state index in [4.69, 9.17) is 42.6 Å². The summed E-state index contributed by atoms with van der Waals surface area (Å²) >= 11 is 0. The highest BCUT2D eigenvalue weighted by Gasteiger charge is 2.57. The molecule has 17 N–H and O–H groups in total. The molecule has 328 valence electrons. The van der Waals surface area contributed by atoms with Gasteiger partial charge in [0.1, 0.15) is 122 Å². The molecule has 56 heavy (non-hydrogen) atoms. The third kappa shape index (κ3) is 9.16. The first-order valence-electron chi connectivity index (χ1n) is 17.6. The van der Waals surface area contributed by atoms with Crippen LogP contribution in [-0.4, -0.2) is 273 Å². The van der Waals surface area contributed by atoms with Crippen LogP contribution in [0.5, 0.6) is 0 Å². The van der Waals surface area contributed by atoms with Crippen molar-refractivity contribution in [2.75, 3.05) is 33.0 Å². The summed E-state index contributed by atoms with van der Waals surface area (Å²) in [4.78, 5) is 0. The third-order valence-corrected chi connectivity index (χ3v) is 10.3. The lowest BCUT2D eigenvalue weighted by atomic mass is 9.95. The van der Waals surface area contributed by atoms with Gasteiger partial charge < -0.3 is 129 Å². The van der Waals surface area contributed by atoms with Gasteiger partial charge in [-0.1, -0.05) is 0 Å². The van der Waals surface area contributed by atoms with Crippen molar-refractivity contribution in [2.45, 2.75) is 154 Å². The van der Waals surface area contributed by atoms with E-state index in [0.29, 0.717) is 0 Å². The number of hydrogen-bond donors (Lipinski definition) is 17. The topological polar surface area (TPSA) is 427 Å². The molecular formula is C30H52O26. The fraction of sp³-hybridized carbons (Fsp3) is 1.00. The first-order chi connectivity index (χ1) is 26.5. The van der Waals surface area contributed by atoms with Gasteiger partial charge in [-0.25, -0.2) is 0 Å². The Morgan fingerprint density at radius 2 is 0.571 bits per heavy atom. The van der Waals surface area contributed by atoms with E-state index < -0.39 is 187 Å². The Balaban J connectivity index is 1.41. The molecule has 5 heterocycles. The van der Waals surface area contributed by atoms with Crippen LogP contribution in [0.3, 0.4) is 0 Å². The zero-order valence-corrected chi connectivity index (χ0v) is 29.2. The summed E-state index contributed by atoms with van der Waals surface area (Å²) < 4.78 is 49.8. The molecule has 0 amide bonds. The second-order valence-corrected chi connectivity index (χ2v) is 13.9. The van der Waals surface area contributed by atoms with Gasteiger partial charge in [-0.05, 0) is 0 Å². The van der Waals surface area contributed by atoms with Gasteiger partial charge in [0.15, 0.2) is 31.5 Å². The van der Waals surface area contributed by atoms with Crippen molar-refractivity contribution in [1.82, 2.24) is 0 Å². The Bertz CT molecular complexity index is 1210. The third-order valence-electron chi connectivity index (χ3n) is 10.3. The fourth-order valence-corrected chi connectivity index (χ4v) is 6.97. The van der Waals surface area contributed by atoms with Crippen LogP contribution < -0.4 is 0 Å². The van der Waals surface area contributed by atoms with Crippen molar-refractivity contribution in [3.63, 3.8) is 0 Å². The van der Waals surface area contributed by atoms with E-state index in [2.05, 4.69) is 0 Å². The molecule has 15 unspecified atom stereocenters. The molecule has 26 heteroatoms. The lowest BCUT2D eigenvalue weighted by Gasteiger charge is -2.50. The average Bonchev–Trinajstić information content (AvgIpc) is 3.18. The van der Waals surface area contributed by atoms with Crippen LogP contribution in [0.4, 0.5) is 0 Å². The van der Waals surface area contributed by atoms with Crippen LogP contribution in [0, 0.1) is 0 Å². The maximum Gasteiger partial charge on any atom is 0.187 e. The summed E-state index contributed by atoms with van der Waals surface area (Å²) in [5.74, 6) is 0. The molecule has 5 fully saturated rings. The molecule has 0 saturated carbocycles. The molecule has 0 aliphatic carbocycles. The molecule has 0 aromatic heterocycles. The zero-order chi connectivity index (χ0) is 41.3. The van der Waals surface area contributed by atoms with Crippen molar-refractivity contribution in [3.05, 3.63) is 0 Å². The highest BCUT2D eigenvalue weighted by molar-refractivity contribution is 4.98. The predicted molar refractivity (Wildman–Crippen MR) is 167 cm³/mol. The molecule has 5 saturated heterocycles. The van der Waals surface area contributed by atoms with Crippen molar-refractivity contribution < 1.29 is 129 Å². The molecule has 26 nitrogen and oxygen atoms in total. The second kappa shape index (κ2) is 19.6. The van der Waals surface area contributed by atoms with Crippen molar-refractivity contribution in [3.8, 4) is 0 Å². The van der Waals surface area contributed by atoms with Crippen LogP contribution in [0.1, 0.15) is 0 Å². The van der Waals surface area contributed by atoms with Gasteiger partial charge in [-0.2, -0.15) is 0 Å². The van der Waals surface area contributed by atoms with Gasteiger partial charge in [-0.3, -0.25) is 0 Å². The quantitative estimate of drug-likeness (QED) is 0.0819. The number of aliphatic hydroxyl groups is 17. The van der Waals surface area contributed by atoms with Gasteiger partial charge in [0.25, 0.3) is 0 Å². The molecule has 0 bridgehead atoms. The van der Waals surface area contributed by atoms with E-state index in [1.165, 1.54) is 0 Å². The van der Waals surface area contributed by atoms with Crippen molar-refractivity contribution >= 4 is 0 Å². The average molecular weight is 829 g/mol. The molecular weight excluding hydrogens is 776 g/mol. The Kier molecular flexibility index (Phi) is 16.1. The van der Waals surface area contributed by atoms with E-state index >= 15 is 0 Å². The van der Waals surface area contributed by atoms with E-state index in [1.807, 2.05) is 0 Å². The van der Waals surface area contributed by atoms with Gasteiger partial charge in [0.05, 0.1) is 33.0 Å². The minimum Gasteiger partial charge on any atom is -0.394 e.